The molecule has 0 atom stereocenters. The fourth-order valence-electron chi connectivity index (χ4n) is 2.67. The van der Waals surface area contributed by atoms with Crippen LogP contribution in [0.4, 0.5) is 5.69 Å². The van der Waals surface area contributed by atoms with E-state index in [1.807, 2.05) is 55.5 Å². The zero-order valence-electron chi connectivity index (χ0n) is 15.2. The average Bonchev–Trinajstić information content (AvgIpc) is 2.66. The Hall–Kier alpha value is -2.79. The fraction of sp³-hybridized carbons (Fsp3) is 0.136. The SMILES string of the molecule is COc1ccc(C(=O)Nc2cccc(Br)c2)cc1COc1cccc(C)c1. The van der Waals surface area contributed by atoms with E-state index in [0.717, 1.165) is 27.0 Å². The molecule has 3 aromatic rings. The van der Waals surface area contributed by atoms with E-state index in [2.05, 4.69) is 21.2 Å². The number of hydrogen-bond acceptors (Lipinski definition) is 3. The van der Waals surface area contributed by atoms with Crippen LogP contribution in [-0.2, 0) is 6.61 Å². The van der Waals surface area contributed by atoms with Crippen molar-refractivity contribution in [3.05, 3.63) is 87.9 Å². The first-order valence-electron chi connectivity index (χ1n) is 8.48. The zero-order valence-corrected chi connectivity index (χ0v) is 16.7. The van der Waals surface area contributed by atoms with Gasteiger partial charge in [-0.05, 0) is 61.0 Å². The highest BCUT2D eigenvalue weighted by molar-refractivity contribution is 9.10. The molecule has 4 nitrogen and oxygen atoms in total. The molecule has 1 amide bonds. The third-order valence-corrected chi connectivity index (χ3v) is 4.50. The van der Waals surface area contributed by atoms with Crippen LogP contribution in [0, 0.1) is 6.92 Å². The van der Waals surface area contributed by atoms with Crippen molar-refractivity contribution in [1.29, 1.82) is 0 Å². The van der Waals surface area contributed by atoms with Crippen LogP contribution >= 0.6 is 15.9 Å². The Morgan fingerprint density at radius 1 is 1.04 bits per heavy atom. The van der Waals surface area contributed by atoms with Crippen LogP contribution in [0.25, 0.3) is 0 Å². The van der Waals surface area contributed by atoms with Gasteiger partial charge >= 0.3 is 0 Å². The number of rotatable bonds is 6. The first-order valence-corrected chi connectivity index (χ1v) is 9.28. The second-order valence-electron chi connectivity index (χ2n) is 6.10. The summed E-state index contributed by atoms with van der Waals surface area (Å²) >= 11 is 3.40. The van der Waals surface area contributed by atoms with Crippen LogP contribution in [0.15, 0.2) is 71.2 Å². The van der Waals surface area contributed by atoms with Crippen LogP contribution < -0.4 is 14.8 Å². The number of carbonyl (C=O) groups excluding carboxylic acids is 1. The van der Waals surface area contributed by atoms with Gasteiger partial charge in [-0.3, -0.25) is 4.79 Å². The highest BCUT2D eigenvalue weighted by Gasteiger charge is 2.12. The summed E-state index contributed by atoms with van der Waals surface area (Å²) in [6, 6.07) is 20.6. The standard InChI is InChI=1S/C22H20BrNO3/c1-15-5-3-8-20(11-15)27-14-17-12-16(9-10-21(17)26-2)22(25)24-19-7-4-6-18(23)13-19/h3-13H,14H2,1-2H3,(H,24,25). The number of nitrogens with one attached hydrogen (secondary N) is 1. The van der Waals surface area contributed by atoms with Crippen LogP contribution in [-0.4, -0.2) is 13.0 Å². The van der Waals surface area contributed by atoms with Crippen molar-refractivity contribution in [2.24, 2.45) is 0 Å². The second kappa shape index (κ2) is 8.73. The highest BCUT2D eigenvalue weighted by Crippen LogP contribution is 2.24. The van der Waals surface area contributed by atoms with Crippen molar-refractivity contribution in [2.75, 3.05) is 12.4 Å². The van der Waals surface area contributed by atoms with Crippen molar-refractivity contribution in [3.63, 3.8) is 0 Å². The maximum absolute atomic E-state index is 12.6. The summed E-state index contributed by atoms with van der Waals surface area (Å²) in [5, 5.41) is 2.89. The Bertz CT molecular complexity index is 956. The largest absolute Gasteiger partial charge is 0.496 e. The van der Waals surface area contributed by atoms with Crippen molar-refractivity contribution < 1.29 is 14.3 Å². The lowest BCUT2D eigenvalue weighted by Crippen LogP contribution is -2.12. The summed E-state index contributed by atoms with van der Waals surface area (Å²) < 4.78 is 12.2. The summed E-state index contributed by atoms with van der Waals surface area (Å²) in [5.74, 6) is 1.27. The van der Waals surface area contributed by atoms with Crippen molar-refractivity contribution in [2.45, 2.75) is 13.5 Å². The summed E-state index contributed by atoms with van der Waals surface area (Å²) in [7, 11) is 1.60. The maximum atomic E-state index is 12.6. The average molecular weight is 426 g/mol. The van der Waals surface area contributed by atoms with E-state index >= 15 is 0 Å². The van der Waals surface area contributed by atoms with Crippen LogP contribution in [0.2, 0.25) is 0 Å². The minimum Gasteiger partial charge on any atom is -0.496 e. The van der Waals surface area contributed by atoms with Gasteiger partial charge in [0.05, 0.1) is 7.11 Å². The molecule has 0 aliphatic rings. The summed E-state index contributed by atoms with van der Waals surface area (Å²) in [4.78, 5) is 12.6. The summed E-state index contributed by atoms with van der Waals surface area (Å²) in [6.45, 7) is 2.32. The molecule has 0 heterocycles. The quantitative estimate of drug-likeness (QED) is 0.559. The molecule has 0 fully saturated rings. The number of carbonyl (C=O) groups is 1. The predicted molar refractivity (Wildman–Crippen MR) is 111 cm³/mol. The van der Waals surface area contributed by atoms with Crippen molar-refractivity contribution >= 4 is 27.5 Å². The first-order chi connectivity index (χ1) is 13.0. The molecule has 0 radical (unpaired) electrons. The van der Waals surface area contributed by atoms with Gasteiger partial charge in [-0.15, -0.1) is 0 Å². The van der Waals surface area contributed by atoms with Gasteiger partial charge in [-0.25, -0.2) is 0 Å². The van der Waals surface area contributed by atoms with Gasteiger partial charge < -0.3 is 14.8 Å². The molecule has 0 spiro atoms. The van der Waals surface area contributed by atoms with Gasteiger partial charge in [0.15, 0.2) is 0 Å². The molecule has 138 valence electrons. The Labute approximate surface area is 167 Å². The minimum atomic E-state index is -0.187. The molecular weight excluding hydrogens is 406 g/mol. The molecule has 0 saturated heterocycles. The molecule has 0 bridgehead atoms. The molecule has 1 N–H and O–H groups in total. The Kier molecular flexibility index (Phi) is 6.14. The van der Waals surface area contributed by atoms with E-state index in [9.17, 15) is 4.79 Å². The number of methoxy groups -OCH3 is 1. The lowest BCUT2D eigenvalue weighted by atomic mass is 10.1. The number of aryl methyl sites for hydroxylation is 1. The van der Waals surface area contributed by atoms with Crippen LogP contribution in [0.1, 0.15) is 21.5 Å². The van der Waals surface area contributed by atoms with Gasteiger partial charge in [0.25, 0.3) is 5.91 Å². The van der Waals surface area contributed by atoms with Gasteiger partial charge in [-0.1, -0.05) is 34.1 Å². The van der Waals surface area contributed by atoms with Crippen molar-refractivity contribution in [3.8, 4) is 11.5 Å². The third kappa shape index (κ3) is 5.11. The summed E-state index contributed by atoms with van der Waals surface area (Å²) in [6.07, 6.45) is 0. The van der Waals surface area contributed by atoms with E-state index in [1.165, 1.54) is 0 Å². The summed E-state index contributed by atoms with van der Waals surface area (Å²) in [5.41, 5.74) is 3.20. The minimum absolute atomic E-state index is 0.187. The number of hydrogen-bond donors (Lipinski definition) is 1. The van der Waals surface area contributed by atoms with Crippen LogP contribution in [0.3, 0.4) is 0 Å². The first kappa shape index (κ1) is 19.0. The van der Waals surface area contributed by atoms with Gasteiger partial charge in [-0.2, -0.15) is 0 Å². The van der Waals surface area contributed by atoms with E-state index in [1.54, 1.807) is 25.3 Å². The lowest BCUT2D eigenvalue weighted by Gasteiger charge is -2.13. The van der Waals surface area contributed by atoms with E-state index in [0.29, 0.717) is 17.9 Å². The number of ether oxygens (including phenoxy) is 2. The highest BCUT2D eigenvalue weighted by atomic mass is 79.9. The molecule has 0 aromatic heterocycles. The molecule has 0 saturated carbocycles. The van der Waals surface area contributed by atoms with E-state index in [4.69, 9.17) is 9.47 Å². The van der Waals surface area contributed by atoms with Crippen LogP contribution in [0.5, 0.6) is 11.5 Å². The predicted octanol–water partition coefficient (Wildman–Crippen LogP) is 5.60. The van der Waals surface area contributed by atoms with Crippen molar-refractivity contribution in [1.82, 2.24) is 0 Å². The molecule has 3 aromatic carbocycles. The second-order valence-corrected chi connectivity index (χ2v) is 7.01. The number of amides is 1. The zero-order chi connectivity index (χ0) is 19.2. The van der Waals surface area contributed by atoms with E-state index < -0.39 is 0 Å². The third-order valence-electron chi connectivity index (χ3n) is 4.01. The molecule has 5 heteroatoms. The van der Waals surface area contributed by atoms with Gasteiger partial charge in [0.1, 0.15) is 18.1 Å². The molecule has 3 rings (SSSR count). The molecule has 0 unspecified atom stereocenters. The smallest absolute Gasteiger partial charge is 0.255 e. The van der Waals surface area contributed by atoms with Gasteiger partial charge in [0.2, 0.25) is 0 Å². The topological polar surface area (TPSA) is 47.6 Å². The molecule has 27 heavy (non-hydrogen) atoms. The number of benzene rings is 3. The molecule has 0 aliphatic heterocycles. The fourth-order valence-corrected chi connectivity index (χ4v) is 3.07. The van der Waals surface area contributed by atoms with Gasteiger partial charge in [0, 0.05) is 21.3 Å². The monoisotopic (exact) mass is 425 g/mol. The Balaban J connectivity index is 1.77. The molecular formula is C22H20BrNO3. The Morgan fingerprint density at radius 2 is 1.85 bits per heavy atom. The molecule has 0 aliphatic carbocycles. The number of halogens is 1. The normalized spacial score (nSPS) is 10.3. The maximum Gasteiger partial charge on any atom is 0.255 e. The Morgan fingerprint density at radius 3 is 2.59 bits per heavy atom. The lowest BCUT2D eigenvalue weighted by molar-refractivity contribution is 0.102. The van der Waals surface area contributed by atoms with E-state index in [-0.39, 0.29) is 5.91 Å². The number of anilines is 1.